The second kappa shape index (κ2) is 2.97. The van der Waals surface area contributed by atoms with Crippen molar-refractivity contribution in [2.75, 3.05) is 6.61 Å². The second-order valence-corrected chi connectivity index (χ2v) is 3.82. The molecule has 0 unspecified atom stereocenters. The molecule has 0 fully saturated rings. The molecule has 1 aromatic carbocycles. The molecule has 72 valence electrons. The Morgan fingerprint density at radius 2 is 2.36 bits per heavy atom. The van der Waals surface area contributed by atoms with Crippen molar-refractivity contribution in [2.24, 2.45) is 0 Å². The lowest BCUT2D eigenvalue weighted by atomic mass is 10.2. The summed E-state index contributed by atoms with van der Waals surface area (Å²) >= 11 is 5.90. The van der Waals surface area contributed by atoms with E-state index in [9.17, 15) is 0 Å². The lowest BCUT2D eigenvalue weighted by Gasteiger charge is -2.13. The van der Waals surface area contributed by atoms with E-state index in [1.165, 1.54) is 0 Å². The molecule has 0 saturated heterocycles. The lowest BCUT2D eigenvalue weighted by molar-refractivity contribution is 0.0812. The van der Waals surface area contributed by atoms with Crippen LogP contribution in [0.3, 0.4) is 0 Å². The Morgan fingerprint density at radius 3 is 3.29 bits per heavy atom. The Labute approximate surface area is 86.2 Å². The van der Waals surface area contributed by atoms with Crippen molar-refractivity contribution in [1.29, 1.82) is 0 Å². The number of benzene rings is 1. The van der Waals surface area contributed by atoms with E-state index in [0.29, 0.717) is 6.61 Å². The molecule has 1 aliphatic heterocycles. The molecular formula is C10H9ClN2O. The molecule has 0 amide bonds. The number of ether oxygens (including phenoxy) is 1. The number of rotatable bonds is 0. The minimum atomic E-state index is 0.651. The SMILES string of the molecule is Clc1ccc2c3n(nc2c1)CCOC3. The van der Waals surface area contributed by atoms with Crippen LogP contribution in [0, 0.1) is 0 Å². The molecule has 0 radical (unpaired) electrons. The van der Waals surface area contributed by atoms with Gasteiger partial charge in [-0.05, 0) is 18.2 Å². The quantitative estimate of drug-likeness (QED) is 0.664. The predicted octanol–water partition coefficient (Wildman–Crippen LogP) is 2.22. The van der Waals surface area contributed by atoms with Crippen molar-refractivity contribution < 1.29 is 4.74 Å². The lowest BCUT2D eigenvalue weighted by Crippen LogP contribution is -2.16. The first kappa shape index (κ1) is 8.26. The van der Waals surface area contributed by atoms with Gasteiger partial charge in [-0.25, -0.2) is 0 Å². The van der Waals surface area contributed by atoms with Crippen LogP contribution in [0.5, 0.6) is 0 Å². The van der Waals surface area contributed by atoms with Crippen molar-refractivity contribution in [3.05, 3.63) is 28.9 Å². The standard InChI is InChI=1S/C10H9ClN2O/c11-7-1-2-8-9(5-7)12-13-3-4-14-6-10(8)13/h1-2,5H,3-4,6H2. The van der Waals surface area contributed by atoms with E-state index in [-0.39, 0.29) is 0 Å². The van der Waals surface area contributed by atoms with Gasteiger partial charge in [-0.3, -0.25) is 4.68 Å². The van der Waals surface area contributed by atoms with Gasteiger partial charge in [0.2, 0.25) is 0 Å². The molecule has 0 atom stereocenters. The average molecular weight is 209 g/mol. The highest BCUT2D eigenvalue weighted by molar-refractivity contribution is 6.31. The van der Waals surface area contributed by atoms with Crippen LogP contribution in [0.1, 0.15) is 5.69 Å². The van der Waals surface area contributed by atoms with E-state index in [1.54, 1.807) is 0 Å². The van der Waals surface area contributed by atoms with Gasteiger partial charge in [0.15, 0.2) is 0 Å². The first-order chi connectivity index (χ1) is 6.84. The summed E-state index contributed by atoms with van der Waals surface area (Å²) in [7, 11) is 0. The van der Waals surface area contributed by atoms with Crippen LogP contribution >= 0.6 is 11.6 Å². The molecule has 3 rings (SSSR count). The number of aromatic nitrogens is 2. The van der Waals surface area contributed by atoms with Crippen molar-refractivity contribution in [2.45, 2.75) is 13.2 Å². The van der Waals surface area contributed by atoms with Gasteiger partial charge in [-0.15, -0.1) is 0 Å². The van der Waals surface area contributed by atoms with Gasteiger partial charge in [0.1, 0.15) is 0 Å². The molecule has 14 heavy (non-hydrogen) atoms. The second-order valence-electron chi connectivity index (χ2n) is 3.38. The average Bonchev–Trinajstić information content (AvgIpc) is 2.54. The van der Waals surface area contributed by atoms with Gasteiger partial charge >= 0.3 is 0 Å². The molecule has 4 heteroatoms. The molecule has 2 heterocycles. The fourth-order valence-corrected chi connectivity index (χ4v) is 1.98. The third-order valence-corrected chi connectivity index (χ3v) is 2.73. The molecular weight excluding hydrogens is 200 g/mol. The molecule has 0 bridgehead atoms. The summed E-state index contributed by atoms with van der Waals surface area (Å²) in [4.78, 5) is 0. The molecule has 0 aliphatic carbocycles. The van der Waals surface area contributed by atoms with Crippen molar-refractivity contribution in [3.63, 3.8) is 0 Å². The monoisotopic (exact) mass is 208 g/mol. The highest BCUT2D eigenvalue weighted by Gasteiger charge is 2.14. The van der Waals surface area contributed by atoms with Crippen molar-refractivity contribution >= 4 is 22.5 Å². The minimum absolute atomic E-state index is 0.651. The summed E-state index contributed by atoms with van der Waals surface area (Å²) in [6.07, 6.45) is 0. The van der Waals surface area contributed by atoms with E-state index < -0.39 is 0 Å². The van der Waals surface area contributed by atoms with Gasteiger partial charge in [0, 0.05) is 10.4 Å². The van der Waals surface area contributed by atoms with Crippen LogP contribution in [-0.2, 0) is 17.9 Å². The fourth-order valence-electron chi connectivity index (χ4n) is 1.82. The summed E-state index contributed by atoms with van der Waals surface area (Å²) < 4.78 is 7.40. The highest BCUT2D eigenvalue weighted by atomic mass is 35.5. The zero-order valence-electron chi connectivity index (χ0n) is 7.53. The number of hydrogen-bond donors (Lipinski definition) is 0. The molecule has 1 aliphatic rings. The first-order valence-corrected chi connectivity index (χ1v) is 4.95. The van der Waals surface area contributed by atoms with Crippen LogP contribution in [0.25, 0.3) is 10.9 Å². The molecule has 0 N–H and O–H groups in total. The Balaban J connectivity index is 2.31. The van der Waals surface area contributed by atoms with Gasteiger partial charge in [0.05, 0.1) is 31.0 Å². The molecule has 0 saturated carbocycles. The van der Waals surface area contributed by atoms with Crippen LogP contribution in [0.2, 0.25) is 5.02 Å². The van der Waals surface area contributed by atoms with E-state index in [2.05, 4.69) is 5.10 Å². The first-order valence-electron chi connectivity index (χ1n) is 4.57. The van der Waals surface area contributed by atoms with Crippen LogP contribution in [0.15, 0.2) is 18.2 Å². The van der Waals surface area contributed by atoms with Crippen molar-refractivity contribution in [3.8, 4) is 0 Å². The predicted molar refractivity (Wildman–Crippen MR) is 54.4 cm³/mol. The largest absolute Gasteiger partial charge is 0.373 e. The molecule has 2 aromatic rings. The van der Waals surface area contributed by atoms with E-state index in [0.717, 1.165) is 34.8 Å². The van der Waals surface area contributed by atoms with Crippen LogP contribution in [0.4, 0.5) is 0 Å². The smallest absolute Gasteiger partial charge is 0.0942 e. The summed E-state index contributed by atoms with van der Waals surface area (Å²) in [6, 6.07) is 5.79. The Bertz CT molecular complexity index is 492. The Hall–Kier alpha value is -1.06. The third-order valence-electron chi connectivity index (χ3n) is 2.50. The fraction of sp³-hybridized carbons (Fsp3) is 0.300. The molecule has 3 nitrogen and oxygen atoms in total. The van der Waals surface area contributed by atoms with Gasteiger partial charge < -0.3 is 4.74 Å². The van der Waals surface area contributed by atoms with Crippen molar-refractivity contribution in [1.82, 2.24) is 9.78 Å². The molecule has 1 aromatic heterocycles. The number of halogens is 1. The maximum atomic E-state index is 5.90. The summed E-state index contributed by atoms with van der Waals surface area (Å²) in [6.45, 7) is 2.23. The van der Waals surface area contributed by atoms with E-state index >= 15 is 0 Å². The maximum absolute atomic E-state index is 5.90. The number of hydrogen-bond acceptors (Lipinski definition) is 2. The normalized spacial score (nSPS) is 15.8. The summed E-state index contributed by atoms with van der Waals surface area (Å²) in [5.74, 6) is 0. The summed E-state index contributed by atoms with van der Waals surface area (Å²) in [5.41, 5.74) is 2.11. The zero-order valence-corrected chi connectivity index (χ0v) is 8.29. The topological polar surface area (TPSA) is 27.1 Å². The minimum Gasteiger partial charge on any atom is -0.373 e. The van der Waals surface area contributed by atoms with Crippen LogP contribution in [-0.4, -0.2) is 16.4 Å². The van der Waals surface area contributed by atoms with E-state index in [1.807, 2.05) is 22.9 Å². The highest BCUT2D eigenvalue weighted by Crippen LogP contribution is 2.24. The zero-order chi connectivity index (χ0) is 9.54. The van der Waals surface area contributed by atoms with Gasteiger partial charge in [-0.2, -0.15) is 5.10 Å². The van der Waals surface area contributed by atoms with Crippen LogP contribution < -0.4 is 0 Å². The van der Waals surface area contributed by atoms with Gasteiger partial charge in [-0.1, -0.05) is 11.6 Å². The number of nitrogens with zero attached hydrogens (tertiary/aromatic N) is 2. The summed E-state index contributed by atoms with van der Waals surface area (Å²) in [5, 5.41) is 6.34. The third kappa shape index (κ3) is 1.13. The van der Waals surface area contributed by atoms with Gasteiger partial charge in [0.25, 0.3) is 0 Å². The van der Waals surface area contributed by atoms with E-state index in [4.69, 9.17) is 16.3 Å². The Morgan fingerprint density at radius 1 is 1.43 bits per heavy atom. The maximum Gasteiger partial charge on any atom is 0.0942 e. The molecule has 0 spiro atoms. The number of fused-ring (bicyclic) bond motifs is 3. The Kier molecular flexibility index (Phi) is 1.75.